The predicted octanol–water partition coefficient (Wildman–Crippen LogP) is 2.16. The lowest BCUT2D eigenvalue weighted by atomic mass is 9.53. The van der Waals surface area contributed by atoms with Crippen LogP contribution in [0, 0.1) is 5.92 Å². The van der Waals surface area contributed by atoms with Gasteiger partial charge in [-0.2, -0.15) is 0 Å². The van der Waals surface area contributed by atoms with Crippen molar-refractivity contribution < 1.29 is 18.3 Å². The molecule has 122 valence electrons. The molecule has 1 fully saturated rings. The topological polar surface area (TPSA) is 30.9 Å². The summed E-state index contributed by atoms with van der Waals surface area (Å²) < 4.78 is 40.1. The molecule has 0 unspecified atom stereocenters. The highest BCUT2D eigenvalue weighted by Gasteiger charge is 2.64. The minimum absolute atomic E-state index is 0.237. The average Bonchev–Trinajstić information content (AvgIpc) is 2.93. The smallest absolute Gasteiger partial charge is 0.165 e. The van der Waals surface area contributed by atoms with E-state index in [0.29, 0.717) is 12.0 Å². The number of nitrogens with zero attached hydrogens (tertiary/aromatic N) is 1. The molecule has 5 atom stereocenters. The first-order valence-electron chi connectivity index (χ1n) is 9.78. The lowest BCUT2D eigenvalue weighted by Gasteiger charge is -2.56. The van der Waals surface area contributed by atoms with Crippen LogP contribution in [-0.2, 0) is 16.6 Å². The van der Waals surface area contributed by atoms with Gasteiger partial charge in [-0.1, -0.05) is 18.2 Å². The van der Waals surface area contributed by atoms with Crippen LogP contribution < -0.4 is 9.47 Å². The number of likely N-dealkylation sites (N-methyl/N-ethyl adjacent to an activating group) is 1. The molecule has 1 saturated heterocycles. The monoisotopic (exact) mass is 316 g/mol. The maximum Gasteiger partial charge on any atom is 0.165 e. The van der Waals surface area contributed by atoms with Gasteiger partial charge in [0.25, 0.3) is 0 Å². The van der Waals surface area contributed by atoms with Crippen molar-refractivity contribution in [2.24, 2.45) is 5.92 Å². The average molecular weight is 316 g/mol. The van der Waals surface area contributed by atoms with Gasteiger partial charge in [0, 0.05) is 30.0 Å². The molecule has 1 spiro atoms. The third-order valence-electron chi connectivity index (χ3n) is 6.47. The third kappa shape index (κ3) is 1.49. The molecule has 0 N–H and O–H groups in total. The Morgan fingerprint density at radius 1 is 1.39 bits per heavy atom. The number of rotatable bonds is 2. The molecule has 1 aromatic carbocycles. The Bertz CT molecular complexity index is 793. The van der Waals surface area contributed by atoms with Crippen molar-refractivity contribution in [2.75, 3.05) is 27.7 Å². The molecule has 2 bridgehead atoms. The standard InChI is InChI=1S/C19H23NO3/c1-20-9-8-19-12-5-7-15(22-3)18(19)23-17-14(21-2)6-4-11(16(17)19)10-13(12)20/h4-7,12-13,15,18H,8-10H2,1-3H3/t12-,13+,15-,18-,19-/m0/s1/i3D3. The molecule has 0 radical (unpaired) electrons. The van der Waals surface area contributed by atoms with Crippen molar-refractivity contribution in [3.63, 3.8) is 0 Å². The second-order valence-electron chi connectivity index (χ2n) is 7.21. The van der Waals surface area contributed by atoms with Gasteiger partial charge in [-0.25, -0.2) is 0 Å². The Morgan fingerprint density at radius 3 is 3.13 bits per heavy atom. The summed E-state index contributed by atoms with van der Waals surface area (Å²) >= 11 is 0. The van der Waals surface area contributed by atoms with Gasteiger partial charge in [0.2, 0.25) is 0 Å². The maximum atomic E-state index is 7.56. The van der Waals surface area contributed by atoms with E-state index in [1.165, 1.54) is 11.1 Å². The van der Waals surface area contributed by atoms with Crippen LogP contribution in [-0.4, -0.2) is 50.9 Å². The molecule has 0 aromatic heterocycles. The van der Waals surface area contributed by atoms with E-state index in [-0.39, 0.29) is 11.5 Å². The van der Waals surface area contributed by atoms with Crippen LogP contribution in [0.5, 0.6) is 11.5 Å². The van der Waals surface area contributed by atoms with Crippen molar-refractivity contribution in [1.29, 1.82) is 0 Å². The van der Waals surface area contributed by atoms with E-state index >= 15 is 0 Å². The molecular weight excluding hydrogens is 290 g/mol. The molecule has 2 aliphatic heterocycles. The Kier molecular flexibility index (Phi) is 2.18. The molecule has 4 nitrogen and oxygen atoms in total. The Labute approximate surface area is 141 Å². The number of hydrogen-bond acceptors (Lipinski definition) is 4. The maximum absolute atomic E-state index is 7.56. The van der Waals surface area contributed by atoms with Gasteiger partial charge >= 0.3 is 0 Å². The van der Waals surface area contributed by atoms with Crippen LogP contribution in [0.2, 0.25) is 0 Å². The highest BCUT2D eigenvalue weighted by atomic mass is 16.6. The molecule has 0 saturated carbocycles. The fraction of sp³-hybridized carbons (Fsp3) is 0.579. The third-order valence-corrected chi connectivity index (χ3v) is 6.47. The normalized spacial score (nSPS) is 42.3. The van der Waals surface area contributed by atoms with Gasteiger partial charge < -0.3 is 19.1 Å². The van der Waals surface area contributed by atoms with Gasteiger partial charge in [0.15, 0.2) is 11.5 Å². The lowest BCUT2D eigenvalue weighted by molar-refractivity contribution is -0.0581. The molecule has 23 heavy (non-hydrogen) atoms. The second-order valence-corrected chi connectivity index (χ2v) is 7.21. The van der Waals surface area contributed by atoms with Crippen LogP contribution in [0.25, 0.3) is 0 Å². The van der Waals surface area contributed by atoms with E-state index < -0.39 is 13.1 Å². The molecule has 2 aliphatic carbocycles. The van der Waals surface area contributed by atoms with Crippen molar-refractivity contribution in [1.82, 2.24) is 4.90 Å². The van der Waals surface area contributed by atoms with E-state index in [9.17, 15) is 0 Å². The fourth-order valence-electron chi connectivity index (χ4n) is 5.47. The minimum atomic E-state index is -2.46. The van der Waals surface area contributed by atoms with E-state index in [1.54, 1.807) is 7.11 Å². The molecule has 0 amide bonds. The SMILES string of the molecule is [2H]C([2H])([2H])O[C@H]1C=C[C@H]2[C@H]3Cc4ccc(OC)c5c4[C@@]2(CCN3C)[C@H]1O5. The number of hydrogen-bond donors (Lipinski definition) is 0. The van der Waals surface area contributed by atoms with Crippen LogP contribution in [0.3, 0.4) is 0 Å². The zero-order valence-electron chi connectivity index (χ0n) is 16.4. The summed E-state index contributed by atoms with van der Waals surface area (Å²) in [4.78, 5) is 2.42. The van der Waals surface area contributed by atoms with Gasteiger partial charge in [0.05, 0.1) is 11.2 Å². The first kappa shape index (κ1) is 11.1. The van der Waals surface area contributed by atoms with Gasteiger partial charge in [0.1, 0.15) is 12.2 Å². The van der Waals surface area contributed by atoms with Crippen molar-refractivity contribution >= 4 is 0 Å². The summed E-state index contributed by atoms with van der Waals surface area (Å²) in [5, 5.41) is 0. The zero-order chi connectivity index (χ0) is 18.3. The zero-order valence-corrected chi connectivity index (χ0v) is 13.4. The van der Waals surface area contributed by atoms with E-state index in [1.807, 2.05) is 12.1 Å². The Morgan fingerprint density at radius 2 is 2.30 bits per heavy atom. The van der Waals surface area contributed by atoms with E-state index in [2.05, 4.69) is 24.1 Å². The Balaban J connectivity index is 1.71. The Hall–Kier alpha value is -1.52. The molecule has 5 rings (SSSR count). The number of methoxy groups -OCH3 is 2. The molecule has 4 heteroatoms. The highest BCUT2D eigenvalue weighted by Crippen LogP contribution is 2.62. The number of likely N-dealkylation sites (tertiary alicyclic amines) is 1. The summed E-state index contributed by atoms with van der Waals surface area (Å²) in [5.74, 6) is 1.80. The highest BCUT2D eigenvalue weighted by molar-refractivity contribution is 5.62. The fourth-order valence-corrected chi connectivity index (χ4v) is 5.47. The lowest BCUT2D eigenvalue weighted by Crippen LogP contribution is -2.65. The largest absolute Gasteiger partial charge is 0.493 e. The van der Waals surface area contributed by atoms with Crippen LogP contribution in [0.1, 0.15) is 21.7 Å². The quantitative estimate of drug-likeness (QED) is 0.783. The number of ether oxygens (including phenoxy) is 3. The van der Waals surface area contributed by atoms with Crippen molar-refractivity contribution in [3.8, 4) is 11.5 Å². The summed E-state index contributed by atoms with van der Waals surface area (Å²) in [7, 11) is 1.37. The molecule has 2 heterocycles. The van der Waals surface area contributed by atoms with Gasteiger partial charge in [-0.05, 0) is 38.1 Å². The summed E-state index contributed by atoms with van der Waals surface area (Å²) in [6.45, 7) is 0.964. The van der Waals surface area contributed by atoms with Crippen LogP contribution in [0.15, 0.2) is 24.3 Å². The summed E-state index contributed by atoms with van der Waals surface area (Å²) in [6.07, 6.45) is 5.04. The van der Waals surface area contributed by atoms with E-state index in [4.69, 9.17) is 18.3 Å². The predicted molar refractivity (Wildman–Crippen MR) is 87.3 cm³/mol. The van der Waals surface area contributed by atoms with E-state index in [0.717, 1.165) is 30.9 Å². The molecule has 4 aliphatic rings. The summed E-state index contributed by atoms with van der Waals surface area (Å²) in [6, 6.07) is 4.50. The van der Waals surface area contributed by atoms with Crippen molar-refractivity contribution in [2.45, 2.75) is 36.5 Å². The minimum Gasteiger partial charge on any atom is -0.493 e. The van der Waals surface area contributed by atoms with Crippen LogP contribution in [0.4, 0.5) is 0 Å². The summed E-state index contributed by atoms with van der Waals surface area (Å²) in [5.41, 5.74) is 2.28. The van der Waals surface area contributed by atoms with Crippen LogP contribution >= 0.6 is 0 Å². The first-order chi connectivity index (χ1) is 12.3. The number of benzene rings is 1. The van der Waals surface area contributed by atoms with Gasteiger partial charge in [-0.15, -0.1) is 0 Å². The van der Waals surface area contributed by atoms with Crippen molar-refractivity contribution in [3.05, 3.63) is 35.4 Å². The molecule has 1 aromatic rings. The second kappa shape index (κ2) is 4.52. The van der Waals surface area contributed by atoms with Gasteiger partial charge in [-0.3, -0.25) is 0 Å². The number of piperidine rings is 1. The first-order valence-corrected chi connectivity index (χ1v) is 8.28. The molecular formula is C19H23NO3.